The number of rotatable bonds is 7. The van der Waals surface area contributed by atoms with Crippen LogP contribution in [-0.4, -0.2) is 37.8 Å². The molecule has 2 rings (SSSR count). The smallest absolute Gasteiger partial charge is 0.257 e. The quantitative estimate of drug-likeness (QED) is 0.821. The molecule has 0 radical (unpaired) electrons. The zero-order chi connectivity index (χ0) is 16.2. The van der Waals surface area contributed by atoms with Gasteiger partial charge in [-0.05, 0) is 25.8 Å². The first kappa shape index (κ1) is 16.4. The second-order valence-electron chi connectivity index (χ2n) is 5.76. The molecule has 0 aromatic carbocycles. The van der Waals surface area contributed by atoms with Crippen molar-refractivity contribution in [3.8, 4) is 0 Å². The molecule has 120 valence electrons. The van der Waals surface area contributed by atoms with Crippen molar-refractivity contribution < 1.29 is 9.90 Å². The van der Waals surface area contributed by atoms with Gasteiger partial charge in [0.1, 0.15) is 5.56 Å². The van der Waals surface area contributed by atoms with Gasteiger partial charge in [-0.15, -0.1) is 0 Å². The van der Waals surface area contributed by atoms with Crippen molar-refractivity contribution in [3.63, 3.8) is 0 Å². The fraction of sp³-hybridized carbons (Fsp3) is 0.562. The Morgan fingerprint density at radius 1 is 1.36 bits per heavy atom. The number of nitrogens with one attached hydrogen (secondary N) is 1. The summed E-state index contributed by atoms with van der Waals surface area (Å²) in [5, 5.41) is 17.7. The number of carbonyl (C=O) groups is 1. The maximum atomic E-state index is 12.5. The number of aryl methyl sites for hydroxylation is 1. The summed E-state index contributed by atoms with van der Waals surface area (Å²) >= 11 is 0. The summed E-state index contributed by atoms with van der Waals surface area (Å²) in [6, 6.07) is 1.77. The van der Waals surface area contributed by atoms with E-state index in [4.69, 9.17) is 0 Å². The molecule has 0 saturated carbocycles. The zero-order valence-electron chi connectivity index (χ0n) is 13.5. The SMILES string of the molecule is CCCC(O)(CCC)CNC(=O)c1c(C)nn2cccnc12. The molecule has 0 unspecified atom stereocenters. The molecule has 6 heteroatoms. The minimum Gasteiger partial charge on any atom is -0.388 e. The van der Waals surface area contributed by atoms with Gasteiger partial charge in [0.05, 0.1) is 11.3 Å². The van der Waals surface area contributed by atoms with Gasteiger partial charge < -0.3 is 10.4 Å². The number of hydrogen-bond donors (Lipinski definition) is 2. The maximum absolute atomic E-state index is 12.5. The Kier molecular flexibility index (Phi) is 5.13. The highest BCUT2D eigenvalue weighted by atomic mass is 16.3. The molecular weight excluding hydrogens is 280 g/mol. The number of hydrogen-bond acceptors (Lipinski definition) is 4. The van der Waals surface area contributed by atoms with Crippen LogP contribution in [0.3, 0.4) is 0 Å². The van der Waals surface area contributed by atoms with Gasteiger partial charge in [-0.1, -0.05) is 26.7 Å². The van der Waals surface area contributed by atoms with Crippen LogP contribution in [0.15, 0.2) is 18.5 Å². The largest absolute Gasteiger partial charge is 0.388 e. The third kappa shape index (κ3) is 3.44. The van der Waals surface area contributed by atoms with E-state index >= 15 is 0 Å². The van der Waals surface area contributed by atoms with Gasteiger partial charge in [0.15, 0.2) is 5.65 Å². The van der Waals surface area contributed by atoms with E-state index < -0.39 is 5.60 Å². The van der Waals surface area contributed by atoms with Crippen molar-refractivity contribution >= 4 is 11.6 Å². The predicted octanol–water partition coefficient (Wildman–Crippen LogP) is 2.10. The van der Waals surface area contributed by atoms with E-state index in [0.717, 1.165) is 12.8 Å². The highest BCUT2D eigenvalue weighted by Gasteiger charge is 2.27. The first-order chi connectivity index (χ1) is 10.5. The third-order valence-electron chi connectivity index (χ3n) is 3.81. The third-order valence-corrected chi connectivity index (χ3v) is 3.81. The molecule has 0 fully saturated rings. The van der Waals surface area contributed by atoms with Crippen LogP contribution in [-0.2, 0) is 0 Å². The molecular formula is C16H24N4O2. The monoisotopic (exact) mass is 304 g/mol. The lowest BCUT2D eigenvalue weighted by atomic mass is 9.92. The predicted molar refractivity (Wildman–Crippen MR) is 84.8 cm³/mol. The molecule has 2 heterocycles. The molecule has 0 aliphatic carbocycles. The van der Waals surface area contributed by atoms with Crippen LogP contribution in [0, 0.1) is 6.92 Å². The average Bonchev–Trinajstić information content (AvgIpc) is 2.81. The van der Waals surface area contributed by atoms with Gasteiger partial charge >= 0.3 is 0 Å². The van der Waals surface area contributed by atoms with Crippen LogP contribution in [0.5, 0.6) is 0 Å². The average molecular weight is 304 g/mol. The number of aromatic nitrogens is 3. The number of nitrogens with zero attached hydrogens (tertiary/aromatic N) is 3. The zero-order valence-corrected chi connectivity index (χ0v) is 13.5. The van der Waals surface area contributed by atoms with E-state index in [-0.39, 0.29) is 12.5 Å². The second kappa shape index (κ2) is 6.87. The molecule has 6 nitrogen and oxygen atoms in total. The molecule has 1 amide bonds. The first-order valence-electron chi connectivity index (χ1n) is 7.81. The number of aliphatic hydroxyl groups is 1. The lowest BCUT2D eigenvalue weighted by Crippen LogP contribution is -2.43. The Morgan fingerprint density at radius 2 is 2.05 bits per heavy atom. The Hall–Kier alpha value is -1.95. The van der Waals surface area contributed by atoms with Crippen LogP contribution < -0.4 is 5.32 Å². The van der Waals surface area contributed by atoms with Gasteiger partial charge in [-0.3, -0.25) is 4.79 Å². The van der Waals surface area contributed by atoms with Crippen molar-refractivity contribution in [2.45, 2.75) is 52.1 Å². The van der Waals surface area contributed by atoms with Gasteiger partial charge in [0.2, 0.25) is 0 Å². The van der Waals surface area contributed by atoms with Gasteiger partial charge in [-0.25, -0.2) is 9.50 Å². The minimum absolute atomic E-state index is 0.239. The van der Waals surface area contributed by atoms with E-state index in [1.165, 1.54) is 0 Å². The van der Waals surface area contributed by atoms with Crippen molar-refractivity contribution in [1.29, 1.82) is 0 Å². The minimum atomic E-state index is -0.844. The first-order valence-corrected chi connectivity index (χ1v) is 7.81. The highest BCUT2D eigenvalue weighted by molar-refractivity contribution is 6.01. The Balaban J connectivity index is 2.16. The van der Waals surface area contributed by atoms with Crippen molar-refractivity contribution in [1.82, 2.24) is 19.9 Å². The highest BCUT2D eigenvalue weighted by Crippen LogP contribution is 2.19. The maximum Gasteiger partial charge on any atom is 0.257 e. The molecule has 0 aliphatic heterocycles. The van der Waals surface area contributed by atoms with Gasteiger partial charge in [0, 0.05) is 18.9 Å². The summed E-state index contributed by atoms with van der Waals surface area (Å²) in [6.45, 7) is 6.09. The molecule has 2 aromatic heterocycles. The molecule has 0 aliphatic rings. The molecule has 0 saturated heterocycles. The normalized spacial score (nSPS) is 11.8. The van der Waals surface area contributed by atoms with Crippen molar-refractivity contribution in [2.75, 3.05) is 6.54 Å². The van der Waals surface area contributed by atoms with E-state index in [0.29, 0.717) is 29.7 Å². The Labute approximate surface area is 130 Å². The van der Waals surface area contributed by atoms with Crippen LogP contribution >= 0.6 is 0 Å². The molecule has 22 heavy (non-hydrogen) atoms. The molecule has 0 atom stereocenters. The van der Waals surface area contributed by atoms with E-state index in [2.05, 4.69) is 15.4 Å². The number of amides is 1. The summed E-state index contributed by atoms with van der Waals surface area (Å²) in [4.78, 5) is 16.7. The summed E-state index contributed by atoms with van der Waals surface area (Å²) in [5.74, 6) is -0.239. The molecule has 2 aromatic rings. The summed E-state index contributed by atoms with van der Waals surface area (Å²) in [5.41, 5.74) is 0.789. The van der Waals surface area contributed by atoms with E-state index in [1.807, 2.05) is 13.8 Å². The molecule has 2 N–H and O–H groups in total. The fourth-order valence-corrected chi connectivity index (χ4v) is 2.83. The van der Waals surface area contributed by atoms with Crippen LogP contribution in [0.4, 0.5) is 0 Å². The van der Waals surface area contributed by atoms with Crippen molar-refractivity contribution in [3.05, 3.63) is 29.7 Å². The van der Waals surface area contributed by atoms with E-state index in [9.17, 15) is 9.90 Å². The van der Waals surface area contributed by atoms with Crippen LogP contribution in [0.25, 0.3) is 5.65 Å². The van der Waals surface area contributed by atoms with Gasteiger partial charge in [-0.2, -0.15) is 5.10 Å². The van der Waals surface area contributed by atoms with Crippen LogP contribution in [0.2, 0.25) is 0 Å². The van der Waals surface area contributed by atoms with E-state index in [1.54, 1.807) is 29.9 Å². The molecule has 0 bridgehead atoms. The Morgan fingerprint density at radius 3 is 2.68 bits per heavy atom. The summed E-state index contributed by atoms with van der Waals surface area (Å²) < 4.78 is 1.59. The number of carbonyl (C=O) groups excluding carboxylic acids is 1. The lowest BCUT2D eigenvalue weighted by Gasteiger charge is -2.27. The topological polar surface area (TPSA) is 79.5 Å². The van der Waals surface area contributed by atoms with Gasteiger partial charge in [0.25, 0.3) is 5.91 Å². The lowest BCUT2D eigenvalue weighted by molar-refractivity contribution is 0.0213. The second-order valence-corrected chi connectivity index (χ2v) is 5.76. The van der Waals surface area contributed by atoms with Crippen LogP contribution in [0.1, 0.15) is 55.6 Å². The Bertz CT molecular complexity index is 645. The number of fused-ring (bicyclic) bond motifs is 1. The standard InChI is InChI=1S/C16H24N4O2/c1-4-7-16(22,8-5-2)11-18-15(21)13-12(3)19-20-10-6-9-17-14(13)20/h6,9-10,22H,4-5,7-8,11H2,1-3H3,(H,18,21). The molecule has 0 spiro atoms. The summed E-state index contributed by atoms with van der Waals surface area (Å²) in [6.07, 6.45) is 6.50. The summed E-state index contributed by atoms with van der Waals surface area (Å²) in [7, 11) is 0. The van der Waals surface area contributed by atoms with Crippen molar-refractivity contribution in [2.24, 2.45) is 0 Å². The fourth-order valence-electron chi connectivity index (χ4n) is 2.83.